The molecule has 1 aliphatic carbocycles. The summed E-state index contributed by atoms with van der Waals surface area (Å²) in [5, 5.41) is 5.73. The summed E-state index contributed by atoms with van der Waals surface area (Å²) in [7, 11) is 0. The van der Waals surface area contributed by atoms with E-state index in [0.717, 1.165) is 18.0 Å². The Hall–Kier alpha value is -0.930. The zero-order chi connectivity index (χ0) is 12.4. The first kappa shape index (κ1) is 12.1. The van der Waals surface area contributed by atoms with Gasteiger partial charge in [0.05, 0.1) is 10.2 Å². The highest BCUT2D eigenvalue weighted by Crippen LogP contribution is 2.29. The van der Waals surface area contributed by atoms with Crippen molar-refractivity contribution in [3.05, 3.63) is 29.3 Å². The molecule has 1 N–H and O–H groups in total. The van der Waals surface area contributed by atoms with Gasteiger partial charge >= 0.3 is 0 Å². The summed E-state index contributed by atoms with van der Waals surface area (Å²) < 4.78 is 1.29. The third kappa shape index (κ3) is 2.57. The molecule has 0 radical (unpaired) electrons. The molecule has 0 amide bonds. The predicted octanol–water partition coefficient (Wildman–Crippen LogP) is 4.14. The highest BCUT2D eigenvalue weighted by molar-refractivity contribution is 7.17. The summed E-state index contributed by atoms with van der Waals surface area (Å²) in [6, 6.07) is 4.76. The van der Waals surface area contributed by atoms with Crippen LogP contribution in [0.1, 0.15) is 44.2 Å². The number of nitrogens with one attached hydrogen (secondary N) is 1. The van der Waals surface area contributed by atoms with Crippen LogP contribution in [-0.4, -0.2) is 11.5 Å². The second-order valence-corrected chi connectivity index (χ2v) is 6.28. The first-order chi connectivity index (χ1) is 8.83. The SMILES string of the molecule is CC(NCCC1CCC1)c1cnc2ccsc2c1. The number of hydrogen-bond donors (Lipinski definition) is 1. The van der Waals surface area contributed by atoms with Gasteiger partial charge in [-0.2, -0.15) is 0 Å². The molecule has 0 saturated heterocycles. The smallest absolute Gasteiger partial charge is 0.0809 e. The second kappa shape index (κ2) is 5.37. The van der Waals surface area contributed by atoms with E-state index in [4.69, 9.17) is 0 Å². The molecule has 0 aromatic carbocycles. The Balaban J connectivity index is 1.58. The standard InChI is InChI=1S/C15H20N2S/c1-11(16-7-5-12-3-2-4-12)13-9-15-14(17-10-13)6-8-18-15/h6,8-12,16H,2-5,7H2,1H3. The first-order valence-electron chi connectivity index (χ1n) is 6.89. The van der Waals surface area contributed by atoms with Crippen LogP contribution >= 0.6 is 11.3 Å². The van der Waals surface area contributed by atoms with Crippen molar-refractivity contribution in [2.24, 2.45) is 5.92 Å². The molecule has 0 spiro atoms. The molecule has 2 nitrogen and oxygen atoms in total. The molecular formula is C15H20N2S. The van der Waals surface area contributed by atoms with Gasteiger partial charge in [0.25, 0.3) is 0 Å². The molecule has 1 saturated carbocycles. The second-order valence-electron chi connectivity index (χ2n) is 5.33. The van der Waals surface area contributed by atoms with Crippen molar-refractivity contribution in [1.29, 1.82) is 0 Å². The maximum Gasteiger partial charge on any atom is 0.0809 e. The molecule has 1 fully saturated rings. The summed E-state index contributed by atoms with van der Waals surface area (Å²) >= 11 is 1.77. The zero-order valence-electron chi connectivity index (χ0n) is 10.9. The lowest BCUT2D eigenvalue weighted by Crippen LogP contribution is -2.24. The fraction of sp³-hybridized carbons (Fsp3) is 0.533. The number of pyridine rings is 1. The van der Waals surface area contributed by atoms with E-state index in [9.17, 15) is 0 Å². The van der Waals surface area contributed by atoms with Crippen LogP contribution in [0, 0.1) is 5.92 Å². The third-order valence-corrected chi connectivity index (χ3v) is 4.90. The van der Waals surface area contributed by atoms with Crippen LogP contribution in [0.2, 0.25) is 0 Å². The van der Waals surface area contributed by atoms with Gasteiger partial charge in [0.15, 0.2) is 0 Å². The molecule has 2 aromatic rings. The minimum absolute atomic E-state index is 0.407. The van der Waals surface area contributed by atoms with Gasteiger partial charge in [0, 0.05) is 12.2 Å². The lowest BCUT2D eigenvalue weighted by Gasteiger charge is -2.26. The largest absolute Gasteiger partial charge is 0.310 e. The Kier molecular flexibility index (Phi) is 3.62. The minimum atomic E-state index is 0.407. The molecule has 0 bridgehead atoms. The predicted molar refractivity (Wildman–Crippen MR) is 78.0 cm³/mol. The van der Waals surface area contributed by atoms with Crippen LogP contribution in [-0.2, 0) is 0 Å². The van der Waals surface area contributed by atoms with Gasteiger partial charge in [0.1, 0.15) is 0 Å². The van der Waals surface area contributed by atoms with Crippen molar-refractivity contribution in [2.75, 3.05) is 6.54 Å². The van der Waals surface area contributed by atoms with Gasteiger partial charge in [-0.15, -0.1) is 11.3 Å². The fourth-order valence-corrected chi connectivity index (χ4v) is 3.29. The molecule has 1 aliphatic rings. The Bertz CT molecular complexity index is 516. The summed E-state index contributed by atoms with van der Waals surface area (Å²) in [6.07, 6.45) is 7.67. The zero-order valence-corrected chi connectivity index (χ0v) is 11.7. The molecule has 96 valence electrons. The molecule has 3 rings (SSSR count). The van der Waals surface area contributed by atoms with E-state index in [1.54, 1.807) is 11.3 Å². The monoisotopic (exact) mass is 260 g/mol. The summed E-state index contributed by atoms with van der Waals surface area (Å²) in [6.45, 7) is 3.37. The van der Waals surface area contributed by atoms with Crippen molar-refractivity contribution in [3.63, 3.8) is 0 Å². The van der Waals surface area contributed by atoms with Gasteiger partial charge in [0.2, 0.25) is 0 Å². The first-order valence-corrected chi connectivity index (χ1v) is 7.77. The van der Waals surface area contributed by atoms with E-state index in [1.165, 1.54) is 35.9 Å². The molecule has 18 heavy (non-hydrogen) atoms. The molecule has 1 unspecified atom stereocenters. The van der Waals surface area contributed by atoms with E-state index in [2.05, 4.69) is 34.7 Å². The van der Waals surface area contributed by atoms with Crippen LogP contribution in [0.5, 0.6) is 0 Å². The number of thiophene rings is 1. The number of hydrogen-bond acceptors (Lipinski definition) is 3. The normalized spacial score (nSPS) is 17.8. The van der Waals surface area contributed by atoms with Crippen molar-refractivity contribution in [3.8, 4) is 0 Å². The van der Waals surface area contributed by atoms with Crippen LogP contribution in [0.4, 0.5) is 0 Å². The van der Waals surface area contributed by atoms with E-state index in [-0.39, 0.29) is 0 Å². The van der Waals surface area contributed by atoms with Crippen molar-refractivity contribution in [2.45, 2.75) is 38.6 Å². The summed E-state index contributed by atoms with van der Waals surface area (Å²) in [4.78, 5) is 4.50. The van der Waals surface area contributed by atoms with Gasteiger partial charge in [-0.1, -0.05) is 19.3 Å². The van der Waals surface area contributed by atoms with E-state index in [0.29, 0.717) is 6.04 Å². The average Bonchev–Trinajstić information content (AvgIpc) is 2.79. The molecule has 2 aromatic heterocycles. The molecule has 1 atom stereocenters. The third-order valence-electron chi connectivity index (χ3n) is 4.05. The quantitative estimate of drug-likeness (QED) is 0.874. The summed E-state index contributed by atoms with van der Waals surface area (Å²) in [5.74, 6) is 0.989. The van der Waals surface area contributed by atoms with Crippen LogP contribution < -0.4 is 5.32 Å². The average molecular weight is 260 g/mol. The fourth-order valence-electron chi connectivity index (χ4n) is 2.50. The highest BCUT2D eigenvalue weighted by Gasteiger charge is 2.17. The lowest BCUT2D eigenvalue weighted by atomic mass is 9.83. The van der Waals surface area contributed by atoms with Crippen LogP contribution in [0.15, 0.2) is 23.7 Å². The maximum absolute atomic E-state index is 4.50. The van der Waals surface area contributed by atoms with Gasteiger partial charge in [-0.05, 0) is 48.9 Å². The van der Waals surface area contributed by atoms with E-state index in [1.807, 2.05) is 6.20 Å². The lowest BCUT2D eigenvalue weighted by molar-refractivity contribution is 0.288. The molecule has 3 heteroatoms. The van der Waals surface area contributed by atoms with Gasteiger partial charge in [-0.3, -0.25) is 4.98 Å². The van der Waals surface area contributed by atoms with Gasteiger partial charge in [-0.25, -0.2) is 0 Å². The Morgan fingerprint density at radius 1 is 1.50 bits per heavy atom. The van der Waals surface area contributed by atoms with Crippen molar-refractivity contribution in [1.82, 2.24) is 10.3 Å². The van der Waals surface area contributed by atoms with E-state index < -0.39 is 0 Å². The number of rotatable bonds is 5. The van der Waals surface area contributed by atoms with Gasteiger partial charge < -0.3 is 5.32 Å². The Morgan fingerprint density at radius 3 is 3.17 bits per heavy atom. The molecule has 0 aliphatic heterocycles. The Labute approximate surface area is 112 Å². The van der Waals surface area contributed by atoms with Crippen LogP contribution in [0.3, 0.4) is 0 Å². The summed E-state index contributed by atoms with van der Waals surface area (Å²) in [5.41, 5.74) is 2.42. The number of aromatic nitrogens is 1. The topological polar surface area (TPSA) is 24.9 Å². The van der Waals surface area contributed by atoms with Crippen LogP contribution in [0.25, 0.3) is 10.2 Å². The maximum atomic E-state index is 4.50. The van der Waals surface area contributed by atoms with Crippen molar-refractivity contribution < 1.29 is 0 Å². The molecule has 2 heterocycles. The highest BCUT2D eigenvalue weighted by atomic mass is 32.1. The number of fused-ring (bicyclic) bond motifs is 1. The Morgan fingerprint density at radius 2 is 2.39 bits per heavy atom. The number of nitrogens with zero attached hydrogens (tertiary/aromatic N) is 1. The van der Waals surface area contributed by atoms with E-state index >= 15 is 0 Å². The van der Waals surface area contributed by atoms with Crippen molar-refractivity contribution >= 4 is 21.6 Å². The minimum Gasteiger partial charge on any atom is -0.310 e. The molecular weight excluding hydrogens is 240 g/mol.